The van der Waals surface area contributed by atoms with Gasteiger partial charge in [-0.15, -0.1) is 0 Å². The van der Waals surface area contributed by atoms with Crippen molar-refractivity contribution in [3.8, 4) is 0 Å². The first-order chi connectivity index (χ1) is 8.63. The first-order valence-electron chi connectivity index (χ1n) is 7.20. The molecule has 18 heavy (non-hydrogen) atoms. The molecule has 1 unspecified atom stereocenters. The van der Waals surface area contributed by atoms with Gasteiger partial charge < -0.3 is 10.6 Å². The second-order valence-electron chi connectivity index (χ2n) is 5.13. The molecule has 0 fully saturated rings. The van der Waals surface area contributed by atoms with Gasteiger partial charge in [0.05, 0.1) is 0 Å². The van der Waals surface area contributed by atoms with Gasteiger partial charge in [-0.05, 0) is 43.9 Å². The number of benzene rings is 1. The molecule has 0 saturated carbocycles. The molecular weight excluding hydrogens is 220 g/mol. The minimum Gasteiger partial charge on any atom is -0.369 e. The number of nitrogens with zero attached hydrogens (tertiary/aromatic N) is 1. The molecule has 1 rings (SSSR count). The summed E-state index contributed by atoms with van der Waals surface area (Å²) in [5, 5.41) is 0. The van der Waals surface area contributed by atoms with Crippen molar-refractivity contribution in [3.05, 3.63) is 29.3 Å². The summed E-state index contributed by atoms with van der Waals surface area (Å²) in [5.41, 5.74) is 9.63. The average Bonchev–Trinajstić information content (AvgIpc) is 2.39. The van der Waals surface area contributed by atoms with Crippen LogP contribution in [0.4, 0.5) is 5.69 Å². The van der Waals surface area contributed by atoms with Gasteiger partial charge in [-0.25, -0.2) is 0 Å². The smallest absolute Gasteiger partial charge is 0.0398 e. The Bertz CT molecular complexity index is 360. The first kappa shape index (κ1) is 15.0. The normalized spacial score (nSPS) is 12.5. The van der Waals surface area contributed by atoms with Gasteiger partial charge in [-0.3, -0.25) is 0 Å². The monoisotopic (exact) mass is 248 g/mol. The van der Waals surface area contributed by atoms with Crippen LogP contribution in [0.15, 0.2) is 18.2 Å². The molecule has 0 aliphatic heterocycles. The molecule has 0 aromatic heterocycles. The molecule has 0 spiro atoms. The summed E-state index contributed by atoms with van der Waals surface area (Å²) >= 11 is 0. The van der Waals surface area contributed by atoms with Crippen LogP contribution in [0, 0.1) is 6.92 Å². The zero-order valence-corrected chi connectivity index (χ0v) is 12.4. The van der Waals surface area contributed by atoms with Crippen LogP contribution in [0.3, 0.4) is 0 Å². The molecule has 0 amide bonds. The molecule has 0 aliphatic rings. The molecule has 0 aliphatic carbocycles. The van der Waals surface area contributed by atoms with Gasteiger partial charge in [0.15, 0.2) is 0 Å². The molecule has 1 aromatic carbocycles. The van der Waals surface area contributed by atoms with E-state index in [1.807, 2.05) is 0 Å². The molecular formula is C16H28N2. The van der Waals surface area contributed by atoms with Gasteiger partial charge in [0.1, 0.15) is 0 Å². The summed E-state index contributed by atoms with van der Waals surface area (Å²) in [6.45, 7) is 10.8. The van der Waals surface area contributed by atoms with Crippen LogP contribution in [0.2, 0.25) is 0 Å². The maximum absolute atomic E-state index is 5.70. The fraction of sp³-hybridized carbons (Fsp3) is 0.625. The summed E-state index contributed by atoms with van der Waals surface area (Å²) in [4.78, 5) is 2.54. The first-order valence-corrected chi connectivity index (χ1v) is 7.20. The number of hydrogen-bond donors (Lipinski definition) is 1. The number of aryl methyl sites for hydroxylation is 1. The SMILES string of the molecule is CCCCN(c1ccc(CN)cc1C)C(C)CC. The fourth-order valence-electron chi connectivity index (χ4n) is 2.29. The second-order valence-corrected chi connectivity index (χ2v) is 5.13. The maximum atomic E-state index is 5.70. The van der Waals surface area contributed by atoms with Crippen molar-refractivity contribution in [2.75, 3.05) is 11.4 Å². The van der Waals surface area contributed by atoms with Crippen molar-refractivity contribution < 1.29 is 0 Å². The Morgan fingerprint density at radius 2 is 2.00 bits per heavy atom. The minimum atomic E-state index is 0.596. The highest BCUT2D eigenvalue weighted by Gasteiger charge is 2.14. The van der Waals surface area contributed by atoms with Crippen molar-refractivity contribution in [1.29, 1.82) is 0 Å². The van der Waals surface area contributed by atoms with Crippen LogP contribution in [-0.4, -0.2) is 12.6 Å². The van der Waals surface area contributed by atoms with Gasteiger partial charge >= 0.3 is 0 Å². The van der Waals surface area contributed by atoms with E-state index in [0.717, 1.165) is 6.54 Å². The number of rotatable bonds is 7. The maximum Gasteiger partial charge on any atom is 0.0398 e. The lowest BCUT2D eigenvalue weighted by Gasteiger charge is -2.32. The predicted octanol–water partition coefficient (Wildman–Crippen LogP) is 3.86. The lowest BCUT2D eigenvalue weighted by molar-refractivity contribution is 0.594. The highest BCUT2D eigenvalue weighted by Crippen LogP contribution is 2.24. The second kappa shape index (κ2) is 7.42. The van der Waals surface area contributed by atoms with Gasteiger partial charge in [0.25, 0.3) is 0 Å². The Morgan fingerprint density at radius 1 is 1.28 bits per heavy atom. The van der Waals surface area contributed by atoms with Gasteiger partial charge in [-0.1, -0.05) is 32.4 Å². The van der Waals surface area contributed by atoms with Crippen molar-refractivity contribution in [2.45, 2.75) is 59.5 Å². The van der Waals surface area contributed by atoms with E-state index < -0.39 is 0 Å². The number of hydrogen-bond acceptors (Lipinski definition) is 2. The van der Waals surface area contributed by atoms with E-state index in [1.54, 1.807) is 0 Å². The minimum absolute atomic E-state index is 0.596. The van der Waals surface area contributed by atoms with E-state index in [1.165, 1.54) is 36.1 Å². The lowest BCUT2D eigenvalue weighted by atomic mass is 10.1. The molecule has 2 nitrogen and oxygen atoms in total. The van der Waals surface area contributed by atoms with Crippen molar-refractivity contribution >= 4 is 5.69 Å². The van der Waals surface area contributed by atoms with E-state index in [-0.39, 0.29) is 0 Å². The van der Waals surface area contributed by atoms with E-state index in [9.17, 15) is 0 Å². The van der Waals surface area contributed by atoms with E-state index in [4.69, 9.17) is 5.73 Å². The van der Waals surface area contributed by atoms with E-state index >= 15 is 0 Å². The topological polar surface area (TPSA) is 29.3 Å². The Labute approximate surface area is 112 Å². The molecule has 1 aromatic rings. The molecule has 2 heteroatoms. The van der Waals surface area contributed by atoms with E-state index in [2.05, 4.69) is 50.8 Å². The Hall–Kier alpha value is -1.02. The van der Waals surface area contributed by atoms with Crippen LogP contribution in [-0.2, 0) is 6.54 Å². The molecule has 1 atom stereocenters. The summed E-state index contributed by atoms with van der Waals surface area (Å²) in [6, 6.07) is 7.21. The third kappa shape index (κ3) is 3.74. The molecule has 0 bridgehead atoms. The summed E-state index contributed by atoms with van der Waals surface area (Å²) < 4.78 is 0. The van der Waals surface area contributed by atoms with Gasteiger partial charge in [-0.2, -0.15) is 0 Å². The predicted molar refractivity (Wildman–Crippen MR) is 81.1 cm³/mol. The van der Waals surface area contributed by atoms with Crippen molar-refractivity contribution in [1.82, 2.24) is 0 Å². The third-order valence-corrected chi connectivity index (χ3v) is 3.68. The average molecular weight is 248 g/mol. The third-order valence-electron chi connectivity index (χ3n) is 3.68. The molecule has 2 N–H and O–H groups in total. The fourth-order valence-corrected chi connectivity index (χ4v) is 2.29. The highest BCUT2D eigenvalue weighted by atomic mass is 15.2. The summed E-state index contributed by atoms with van der Waals surface area (Å²) in [7, 11) is 0. The van der Waals surface area contributed by atoms with E-state index in [0.29, 0.717) is 12.6 Å². The quantitative estimate of drug-likeness (QED) is 0.794. The van der Waals surface area contributed by atoms with Crippen LogP contribution >= 0.6 is 0 Å². The highest BCUT2D eigenvalue weighted by molar-refractivity contribution is 5.55. The number of unbranched alkanes of at least 4 members (excludes halogenated alkanes) is 1. The summed E-state index contributed by atoms with van der Waals surface area (Å²) in [6.07, 6.45) is 3.68. The van der Waals surface area contributed by atoms with Gasteiger partial charge in [0, 0.05) is 24.8 Å². The van der Waals surface area contributed by atoms with Crippen LogP contribution in [0.1, 0.15) is 51.2 Å². The van der Waals surface area contributed by atoms with Crippen LogP contribution in [0.25, 0.3) is 0 Å². The standard InChI is InChI=1S/C16H28N2/c1-5-7-10-18(14(4)6-2)16-9-8-15(12-17)11-13(16)3/h8-9,11,14H,5-7,10,12,17H2,1-4H3. The number of anilines is 1. The summed E-state index contributed by atoms with van der Waals surface area (Å²) in [5.74, 6) is 0. The molecule has 0 saturated heterocycles. The lowest BCUT2D eigenvalue weighted by Crippen LogP contribution is -2.34. The van der Waals surface area contributed by atoms with Crippen molar-refractivity contribution in [2.24, 2.45) is 5.73 Å². The zero-order chi connectivity index (χ0) is 13.5. The van der Waals surface area contributed by atoms with Crippen molar-refractivity contribution in [3.63, 3.8) is 0 Å². The van der Waals surface area contributed by atoms with Gasteiger partial charge in [0.2, 0.25) is 0 Å². The Balaban J connectivity index is 2.96. The molecule has 0 radical (unpaired) electrons. The molecule has 0 heterocycles. The van der Waals surface area contributed by atoms with Crippen LogP contribution < -0.4 is 10.6 Å². The molecule has 102 valence electrons. The Morgan fingerprint density at radius 3 is 2.50 bits per heavy atom. The Kier molecular flexibility index (Phi) is 6.20. The zero-order valence-electron chi connectivity index (χ0n) is 12.4. The number of nitrogens with two attached hydrogens (primary N) is 1. The van der Waals surface area contributed by atoms with Crippen LogP contribution in [0.5, 0.6) is 0 Å². The largest absolute Gasteiger partial charge is 0.369 e.